The third kappa shape index (κ3) is 3.73. The van der Waals surface area contributed by atoms with E-state index in [1.165, 1.54) is 0 Å². The van der Waals surface area contributed by atoms with Gasteiger partial charge in [0.1, 0.15) is 0 Å². The Hall–Kier alpha value is 0.880. The van der Waals surface area contributed by atoms with E-state index in [4.69, 9.17) is 42.8 Å². The normalized spacial score (nSPS) is 18.8. The molecule has 0 heterocycles. The lowest BCUT2D eigenvalue weighted by Gasteiger charge is -2.17. The molecule has 0 aliphatic heterocycles. The van der Waals surface area contributed by atoms with Crippen molar-refractivity contribution in [2.24, 2.45) is 0 Å². The zero-order chi connectivity index (χ0) is 10.2. The van der Waals surface area contributed by atoms with E-state index in [0.29, 0.717) is 0 Å². The number of halogens is 2. The third-order valence-corrected chi connectivity index (χ3v) is 5.50. The molecule has 0 aliphatic rings. The highest BCUT2D eigenvalue weighted by Gasteiger charge is 2.43. The molecule has 0 saturated carbocycles. The highest BCUT2D eigenvalue weighted by molar-refractivity contribution is 7.60. The Morgan fingerprint density at radius 2 is 1.00 bits per heavy atom. The summed E-state index contributed by atoms with van der Waals surface area (Å²) in [6.45, 7) is 0. The Bertz CT molecular complexity index is 216. The van der Waals surface area contributed by atoms with Crippen LogP contribution in [0.15, 0.2) is 0 Å². The van der Waals surface area contributed by atoms with Crippen molar-refractivity contribution in [2.45, 2.75) is 10.2 Å². The first kappa shape index (κ1) is 12.9. The largest absolute Gasteiger partial charge is 0.345 e. The summed E-state index contributed by atoms with van der Waals surface area (Å²) < 4.78 is 20.7. The fourth-order valence-electron chi connectivity index (χ4n) is 0.320. The number of hydrogen-bond donors (Lipinski definition) is 4. The molecule has 12 heavy (non-hydrogen) atoms. The summed E-state index contributed by atoms with van der Waals surface area (Å²) in [5.74, 6) is 0. The average Bonchev–Trinajstić information content (AvgIpc) is 1.80. The van der Waals surface area contributed by atoms with Crippen molar-refractivity contribution < 1.29 is 28.7 Å². The van der Waals surface area contributed by atoms with Crippen LogP contribution in [0.1, 0.15) is 0 Å². The third-order valence-electron chi connectivity index (χ3n) is 0.870. The summed E-state index contributed by atoms with van der Waals surface area (Å²) in [7, 11) is -9.54. The van der Waals surface area contributed by atoms with Gasteiger partial charge in [-0.2, -0.15) is 0 Å². The molecular weight excluding hydrogens is 253 g/mol. The molecule has 0 aromatic rings. The second-order valence-electron chi connectivity index (χ2n) is 1.92. The van der Waals surface area contributed by atoms with Crippen LogP contribution in [-0.4, -0.2) is 29.8 Å². The summed E-state index contributed by atoms with van der Waals surface area (Å²) in [5.41, 5.74) is 0. The first-order chi connectivity index (χ1) is 5.07. The van der Waals surface area contributed by atoms with Crippen LogP contribution in [-0.2, 0) is 9.13 Å². The molecule has 10 heteroatoms. The van der Waals surface area contributed by atoms with Crippen LogP contribution in [0, 0.1) is 0 Å². The van der Waals surface area contributed by atoms with Crippen molar-refractivity contribution in [3.8, 4) is 0 Å². The predicted molar refractivity (Wildman–Crippen MR) is 43.4 cm³/mol. The first-order valence-electron chi connectivity index (χ1n) is 2.45. The Kier molecular flexibility index (Phi) is 4.23. The molecule has 0 aromatic heterocycles. The lowest BCUT2D eigenvalue weighted by molar-refractivity contribution is 0.352. The molecule has 6 nitrogen and oxygen atoms in total. The van der Waals surface area contributed by atoms with Gasteiger partial charge in [0.05, 0.1) is 0 Å². The van der Waals surface area contributed by atoms with E-state index in [-0.39, 0.29) is 0 Å². The predicted octanol–water partition coefficient (Wildman–Crippen LogP) is 0.472. The van der Waals surface area contributed by atoms with Crippen molar-refractivity contribution >= 4 is 38.4 Å². The van der Waals surface area contributed by atoms with Crippen molar-refractivity contribution in [3.63, 3.8) is 0 Å². The van der Waals surface area contributed by atoms with E-state index in [2.05, 4.69) is 0 Å². The maximum Gasteiger partial charge on any atom is 0.345 e. The smallest absolute Gasteiger partial charge is 0.323 e. The van der Waals surface area contributed by atoms with Gasteiger partial charge in [-0.1, -0.05) is 0 Å². The van der Waals surface area contributed by atoms with Crippen LogP contribution in [0.3, 0.4) is 0 Å². The van der Waals surface area contributed by atoms with E-state index in [9.17, 15) is 9.13 Å². The molecular formula is C2H6Cl2O6P2. The van der Waals surface area contributed by atoms with E-state index in [1.54, 1.807) is 0 Å². The molecule has 0 saturated heterocycles. The summed E-state index contributed by atoms with van der Waals surface area (Å²) >= 11 is 10.0. The van der Waals surface area contributed by atoms with Crippen LogP contribution >= 0.6 is 38.4 Å². The molecule has 4 N–H and O–H groups in total. The van der Waals surface area contributed by atoms with E-state index in [0.717, 1.165) is 0 Å². The minimum atomic E-state index is -4.77. The monoisotopic (exact) mass is 258 g/mol. The van der Waals surface area contributed by atoms with Gasteiger partial charge in [-0.3, -0.25) is 9.13 Å². The van der Waals surface area contributed by atoms with Crippen molar-refractivity contribution in [1.29, 1.82) is 0 Å². The van der Waals surface area contributed by atoms with Gasteiger partial charge in [0.15, 0.2) is 10.2 Å². The Labute approximate surface area is 77.8 Å². The maximum absolute atomic E-state index is 10.4. The maximum atomic E-state index is 10.4. The summed E-state index contributed by atoms with van der Waals surface area (Å²) in [5, 5.41) is -4.17. The molecule has 0 aromatic carbocycles. The summed E-state index contributed by atoms with van der Waals surface area (Å²) in [6.07, 6.45) is 0. The highest BCUT2D eigenvalue weighted by atomic mass is 35.5. The van der Waals surface area contributed by atoms with E-state index >= 15 is 0 Å². The van der Waals surface area contributed by atoms with Crippen molar-refractivity contribution in [1.82, 2.24) is 0 Å². The van der Waals surface area contributed by atoms with Crippen molar-refractivity contribution in [2.75, 3.05) is 0 Å². The van der Waals surface area contributed by atoms with Crippen molar-refractivity contribution in [3.05, 3.63) is 0 Å². The lowest BCUT2D eigenvalue weighted by Crippen LogP contribution is -2.15. The SMILES string of the molecule is O=P(O)(O)C(Cl)C(Cl)P(=O)(O)O. The van der Waals surface area contributed by atoms with Gasteiger partial charge < -0.3 is 19.6 Å². The van der Waals surface area contributed by atoms with Crippen LogP contribution in [0.5, 0.6) is 0 Å². The Morgan fingerprint density at radius 3 is 1.08 bits per heavy atom. The number of rotatable bonds is 3. The first-order valence-corrected chi connectivity index (χ1v) is 6.69. The summed E-state index contributed by atoms with van der Waals surface area (Å²) in [4.78, 5) is 33.5. The molecule has 2 unspecified atom stereocenters. The van der Waals surface area contributed by atoms with Gasteiger partial charge in [-0.05, 0) is 0 Å². The molecule has 74 valence electrons. The minimum Gasteiger partial charge on any atom is -0.323 e. The van der Waals surface area contributed by atoms with Gasteiger partial charge in [-0.15, -0.1) is 23.2 Å². The standard InChI is InChI=1S/C2H6Cl2O6P2/c3-1(11(5,6)7)2(4)12(8,9)10/h1-2H,(H2,5,6,7)(H2,8,9,10). The van der Waals surface area contributed by atoms with Crippen LogP contribution < -0.4 is 0 Å². The molecule has 0 fully saturated rings. The quantitative estimate of drug-likeness (QED) is 0.432. The van der Waals surface area contributed by atoms with Crippen LogP contribution in [0.4, 0.5) is 0 Å². The fraction of sp³-hybridized carbons (Fsp3) is 1.00. The zero-order valence-electron chi connectivity index (χ0n) is 5.41. The van der Waals surface area contributed by atoms with Gasteiger partial charge in [-0.25, -0.2) is 0 Å². The van der Waals surface area contributed by atoms with Crippen LogP contribution in [0.25, 0.3) is 0 Å². The molecule has 0 amide bonds. The molecule has 2 atom stereocenters. The Balaban J connectivity index is 4.64. The molecule has 0 aliphatic carbocycles. The fourth-order valence-corrected chi connectivity index (χ4v) is 2.88. The summed E-state index contributed by atoms with van der Waals surface area (Å²) in [6, 6.07) is 0. The molecule has 0 spiro atoms. The highest BCUT2D eigenvalue weighted by Crippen LogP contribution is 2.57. The Morgan fingerprint density at radius 1 is 0.833 bits per heavy atom. The second-order valence-corrected chi connectivity index (χ2v) is 6.94. The lowest BCUT2D eigenvalue weighted by atomic mass is 10.9. The van der Waals surface area contributed by atoms with Gasteiger partial charge in [0.25, 0.3) is 0 Å². The molecule has 0 radical (unpaired) electrons. The number of hydrogen-bond acceptors (Lipinski definition) is 2. The van der Waals surface area contributed by atoms with Gasteiger partial charge in [0, 0.05) is 0 Å². The van der Waals surface area contributed by atoms with Gasteiger partial charge >= 0.3 is 15.2 Å². The topological polar surface area (TPSA) is 115 Å². The molecule has 0 rings (SSSR count). The minimum absolute atomic E-state index is 2.08. The van der Waals surface area contributed by atoms with E-state index in [1.807, 2.05) is 0 Å². The van der Waals surface area contributed by atoms with Gasteiger partial charge in [0.2, 0.25) is 0 Å². The molecule has 0 bridgehead atoms. The average molecular weight is 259 g/mol. The zero-order valence-corrected chi connectivity index (χ0v) is 8.71. The number of alkyl halides is 2. The second kappa shape index (κ2) is 3.95. The van der Waals surface area contributed by atoms with Crippen LogP contribution in [0.2, 0.25) is 0 Å². The van der Waals surface area contributed by atoms with E-state index < -0.39 is 25.4 Å².